The number of carbonyl (C=O) groups is 3. The van der Waals surface area contributed by atoms with Crippen molar-refractivity contribution in [2.24, 2.45) is 5.92 Å². The first-order chi connectivity index (χ1) is 12.3. The number of rotatable bonds is 6. The number of amides is 3. The van der Waals surface area contributed by atoms with Crippen LogP contribution in [0.5, 0.6) is 0 Å². The predicted molar refractivity (Wildman–Crippen MR) is 102 cm³/mol. The molecule has 3 amide bonds. The van der Waals surface area contributed by atoms with Crippen molar-refractivity contribution < 1.29 is 14.4 Å². The molecule has 1 saturated carbocycles. The first kappa shape index (κ1) is 20.1. The van der Waals surface area contributed by atoms with Crippen molar-refractivity contribution in [3.05, 3.63) is 35.4 Å². The molecule has 1 aromatic carbocycles. The van der Waals surface area contributed by atoms with Gasteiger partial charge in [-0.2, -0.15) is 0 Å². The van der Waals surface area contributed by atoms with E-state index in [0.717, 1.165) is 23.3 Å². The minimum absolute atomic E-state index is 0.238. The van der Waals surface area contributed by atoms with Crippen molar-refractivity contribution in [1.29, 1.82) is 0 Å². The maximum Gasteiger partial charge on any atom is 0.327 e. The summed E-state index contributed by atoms with van der Waals surface area (Å²) in [5, 5.41) is 0. The number of urea groups is 1. The zero-order valence-corrected chi connectivity index (χ0v) is 16.3. The van der Waals surface area contributed by atoms with E-state index in [2.05, 4.69) is 0 Å². The van der Waals surface area contributed by atoms with Gasteiger partial charge in [-0.1, -0.05) is 43.0 Å². The van der Waals surface area contributed by atoms with E-state index >= 15 is 0 Å². The molecule has 0 heterocycles. The third-order valence-electron chi connectivity index (χ3n) is 5.78. The fourth-order valence-electron chi connectivity index (χ4n) is 3.74. The highest BCUT2D eigenvalue weighted by Crippen LogP contribution is 2.36. The summed E-state index contributed by atoms with van der Waals surface area (Å²) < 4.78 is 0. The van der Waals surface area contributed by atoms with E-state index in [-0.39, 0.29) is 17.9 Å². The third kappa shape index (κ3) is 4.51. The molecule has 0 radical (unpaired) electrons. The zero-order chi connectivity index (χ0) is 19.3. The zero-order valence-electron chi connectivity index (χ0n) is 16.3. The van der Waals surface area contributed by atoms with E-state index in [1.165, 1.54) is 19.3 Å². The lowest BCUT2D eigenvalue weighted by Gasteiger charge is -2.44. The van der Waals surface area contributed by atoms with Crippen molar-refractivity contribution in [1.82, 2.24) is 9.80 Å². The lowest BCUT2D eigenvalue weighted by Crippen LogP contribution is -2.55. The van der Waals surface area contributed by atoms with Crippen LogP contribution in [0, 0.1) is 12.8 Å². The Bertz CT molecular complexity index is 663. The Morgan fingerprint density at radius 1 is 1.19 bits per heavy atom. The predicted octanol–water partition coefficient (Wildman–Crippen LogP) is 4.05. The Morgan fingerprint density at radius 2 is 1.85 bits per heavy atom. The minimum Gasteiger partial charge on any atom is -0.322 e. The van der Waals surface area contributed by atoms with Crippen LogP contribution in [0.1, 0.15) is 61.9 Å². The lowest BCUT2D eigenvalue weighted by atomic mass is 9.76. The first-order valence-corrected chi connectivity index (χ1v) is 9.37. The smallest absolute Gasteiger partial charge is 0.322 e. The van der Waals surface area contributed by atoms with Crippen LogP contribution < -0.4 is 0 Å². The molecule has 0 atom stereocenters. The molecule has 0 bridgehead atoms. The van der Waals surface area contributed by atoms with Crippen molar-refractivity contribution >= 4 is 18.2 Å². The van der Waals surface area contributed by atoms with Crippen LogP contribution in [0.15, 0.2) is 24.3 Å². The van der Waals surface area contributed by atoms with Gasteiger partial charge >= 0.3 is 6.03 Å². The van der Waals surface area contributed by atoms with Crippen molar-refractivity contribution in [3.8, 4) is 0 Å². The lowest BCUT2D eigenvalue weighted by molar-refractivity contribution is -0.116. The van der Waals surface area contributed by atoms with Crippen LogP contribution in [0.2, 0.25) is 0 Å². The van der Waals surface area contributed by atoms with Crippen molar-refractivity contribution in [2.45, 2.75) is 58.4 Å². The number of ketones is 1. The highest BCUT2D eigenvalue weighted by Gasteiger charge is 2.38. The number of hydrogen-bond donors (Lipinski definition) is 0. The second kappa shape index (κ2) is 8.47. The number of nitrogens with zero attached hydrogens (tertiary/aromatic N) is 2. The Balaban J connectivity index is 2.09. The molecule has 0 aromatic heterocycles. The van der Waals surface area contributed by atoms with E-state index in [4.69, 9.17) is 0 Å². The number of hydrogen-bond acceptors (Lipinski definition) is 3. The average molecular weight is 358 g/mol. The maximum atomic E-state index is 12.9. The molecule has 26 heavy (non-hydrogen) atoms. The molecule has 1 aliphatic rings. The third-order valence-corrected chi connectivity index (χ3v) is 5.78. The van der Waals surface area contributed by atoms with Gasteiger partial charge in [-0.3, -0.25) is 14.5 Å². The number of Topliss-reactive ketones (excluding diaryl/α,β-unsaturated/α-hetero) is 1. The fraction of sp³-hybridized carbons (Fsp3) is 0.571. The quantitative estimate of drug-likeness (QED) is 0.569. The fourth-order valence-corrected chi connectivity index (χ4v) is 3.74. The van der Waals surface area contributed by atoms with E-state index in [0.29, 0.717) is 17.9 Å². The molecule has 1 aliphatic carbocycles. The molecule has 0 aliphatic heterocycles. The molecule has 0 saturated heterocycles. The average Bonchev–Trinajstić information content (AvgIpc) is 2.65. The van der Waals surface area contributed by atoms with E-state index < -0.39 is 6.03 Å². The number of aryl methyl sites for hydroxylation is 1. The van der Waals surface area contributed by atoms with Gasteiger partial charge < -0.3 is 4.90 Å². The Kier molecular flexibility index (Phi) is 6.57. The van der Waals surface area contributed by atoms with Crippen LogP contribution in [-0.4, -0.2) is 47.2 Å². The van der Waals surface area contributed by atoms with Gasteiger partial charge in [0.1, 0.15) is 0 Å². The first-order valence-electron chi connectivity index (χ1n) is 9.37. The van der Waals surface area contributed by atoms with Gasteiger partial charge in [0.15, 0.2) is 5.78 Å². The molecular weight excluding hydrogens is 328 g/mol. The molecule has 1 fully saturated rings. The molecule has 142 valence electrons. The largest absolute Gasteiger partial charge is 0.327 e. The van der Waals surface area contributed by atoms with Gasteiger partial charge in [-0.15, -0.1) is 0 Å². The molecule has 5 nitrogen and oxygen atoms in total. The molecule has 0 N–H and O–H groups in total. The Hall–Kier alpha value is -2.17. The summed E-state index contributed by atoms with van der Waals surface area (Å²) in [5.41, 5.74) is 1.12. The topological polar surface area (TPSA) is 57.7 Å². The standard InChI is InChI=1S/C21H30N2O3/c1-16-9-8-10-17(13-16)19(25)14-23(15-24)20(26)22(4)21(2,3)18-11-6-5-7-12-18/h8-10,13,15,18H,5-7,11-12,14H2,1-4H3. The van der Waals surface area contributed by atoms with Gasteiger partial charge in [-0.05, 0) is 45.6 Å². The highest BCUT2D eigenvalue weighted by molar-refractivity contribution is 6.01. The van der Waals surface area contributed by atoms with E-state index in [9.17, 15) is 14.4 Å². The number of carbonyl (C=O) groups excluding carboxylic acids is 3. The Morgan fingerprint density at radius 3 is 2.42 bits per heavy atom. The number of imide groups is 1. The van der Waals surface area contributed by atoms with Gasteiger partial charge in [0.25, 0.3) is 0 Å². The summed E-state index contributed by atoms with van der Waals surface area (Å²) in [4.78, 5) is 39.5. The summed E-state index contributed by atoms with van der Waals surface area (Å²) in [7, 11) is 1.73. The van der Waals surface area contributed by atoms with Crippen LogP contribution in [-0.2, 0) is 4.79 Å². The SMILES string of the molecule is Cc1cccc(C(=O)CN(C=O)C(=O)N(C)C(C)(C)C2CCCCC2)c1. The van der Waals surface area contributed by atoms with E-state index in [1.54, 1.807) is 30.1 Å². The minimum atomic E-state index is -0.420. The normalized spacial score (nSPS) is 15.4. The highest BCUT2D eigenvalue weighted by atomic mass is 16.2. The Labute approximate surface area is 156 Å². The van der Waals surface area contributed by atoms with Gasteiger partial charge in [-0.25, -0.2) is 4.79 Å². The maximum absolute atomic E-state index is 12.9. The van der Waals surface area contributed by atoms with Crippen LogP contribution in [0.3, 0.4) is 0 Å². The summed E-state index contributed by atoms with van der Waals surface area (Å²) in [6.07, 6.45) is 6.25. The summed E-state index contributed by atoms with van der Waals surface area (Å²) in [6, 6.07) is 6.76. The number of benzene rings is 1. The second-order valence-corrected chi connectivity index (χ2v) is 7.86. The summed E-state index contributed by atoms with van der Waals surface area (Å²) >= 11 is 0. The summed E-state index contributed by atoms with van der Waals surface area (Å²) in [6.45, 7) is 5.76. The molecule has 5 heteroatoms. The molecule has 0 unspecified atom stereocenters. The second-order valence-electron chi connectivity index (χ2n) is 7.86. The summed E-state index contributed by atoms with van der Waals surface area (Å²) in [5.74, 6) is 0.171. The van der Waals surface area contributed by atoms with Gasteiger partial charge in [0.05, 0.1) is 6.54 Å². The van der Waals surface area contributed by atoms with Crippen LogP contribution in [0.4, 0.5) is 4.79 Å². The van der Waals surface area contributed by atoms with Crippen LogP contribution in [0.25, 0.3) is 0 Å². The molecule has 0 spiro atoms. The van der Waals surface area contributed by atoms with Gasteiger partial charge in [0, 0.05) is 18.2 Å². The van der Waals surface area contributed by atoms with Crippen molar-refractivity contribution in [2.75, 3.05) is 13.6 Å². The van der Waals surface area contributed by atoms with Gasteiger partial charge in [0.2, 0.25) is 6.41 Å². The van der Waals surface area contributed by atoms with E-state index in [1.807, 2.05) is 26.8 Å². The molecule has 2 rings (SSSR count). The van der Waals surface area contributed by atoms with Crippen LogP contribution >= 0.6 is 0 Å². The molecule has 1 aromatic rings. The monoisotopic (exact) mass is 358 g/mol. The van der Waals surface area contributed by atoms with Crippen molar-refractivity contribution in [3.63, 3.8) is 0 Å². The molecular formula is C21H30N2O3.